The van der Waals surface area contributed by atoms with Gasteiger partial charge in [0, 0.05) is 12.5 Å². The monoisotopic (exact) mass is 383 g/mol. The summed E-state index contributed by atoms with van der Waals surface area (Å²) in [7, 11) is 0. The minimum Gasteiger partial charge on any atom is -0.368 e. The minimum absolute atomic E-state index is 0.166. The van der Waals surface area contributed by atoms with Crippen molar-refractivity contribution in [1.29, 1.82) is 0 Å². The molecule has 7 heteroatoms. The van der Waals surface area contributed by atoms with Crippen LogP contribution in [-0.4, -0.2) is 46.0 Å². The van der Waals surface area contributed by atoms with Gasteiger partial charge in [0.1, 0.15) is 6.04 Å². The lowest BCUT2D eigenvalue weighted by Gasteiger charge is -2.37. The fourth-order valence-electron chi connectivity index (χ4n) is 4.86. The third-order valence-electron chi connectivity index (χ3n) is 6.50. The Morgan fingerprint density at radius 2 is 1.68 bits per heavy atom. The molecule has 2 aliphatic heterocycles. The van der Waals surface area contributed by atoms with E-state index in [1.807, 2.05) is 31.2 Å². The van der Waals surface area contributed by atoms with Crippen molar-refractivity contribution in [3.8, 4) is 0 Å². The van der Waals surface area contributed by atoms with Crippen molar-refractivity contribution >= 4 is 23.6 Å². The normalized spacial score (nSPS) is 29.8. The highest BCUT2D eigenvalue weighted by Gasteiger charge is 2.65. The number of rotatable bonds is 4. The average Bonchev–Trinajstić information content (AvgIpc) is 3.08. The lowest BCUT2D eigenvalue weighted by Crippen LogP contribution is -2.52. The van der Waals surface area contributed by atoms with Gasteiger partial charge in [0.15, 0.2) is 0 Å². The molecule has 1 aromatic rings. The van der Waals surface area contributed by atoms with Crippen molar-refractivity contribution in [3.05, 3.63) is 35.4 Å². The molecule has 0 aromatic heterocycles. The van der Waals surface area contributed by atoms with E-state index in [1.54, 1.807) is 6.92 Å². The Morgan fingerprint density at radius 3 is 2.18 bits per heavy atom. The zero-order valence-electron chi connectivity index (χ0n) is 16.1. The smallest absolute Gasteiger partial charge is 0.241 e. The maximum atomic E-state index is 13.3. The first-order chi connectivity index (χ1) is 13.4. The summed E-state index contributed by atoms with van der Waals surface area (Å²) >= 11 is 0. The van der Waals surface area contributed by atoms with Crippen LogP contribution in [0.15, 0.2) is 24.3 Å². The Balaban J connectivity index is 1.85. The molecule has 0 spiro atoms. The summed E-state index contributed by atoms with van der Waals surface area (Å²) in [6.07, 6.45) is 2.49. The molecule has 4 rings (SSSR count). The second-order valence-electron chi connectivity index (χ2n) is 8.05. The lowest BCUT2D eigenvalue weighted by molar-refractivity contribution is -0.150. The molecule has 4 unspecified atom stereocenters. The van der Waals surface area contributed by atoms with Gasteiger partial charge in [-0.1, -0.05) is 36.2 Å². The van der Waals surface area contributed by atoms with Gasteiger partial charge in [0.05, 0.1) is 17.9 Å². The molecule has 28 heavy (non-hydrogen) atoms. The third kappa shape index (κ3) is 2.56. The first-order valence-electron chi connectivity index (χ1n) is 9.90. The zero-order chi connectivity index (χ0) is 20.2. The predicted molar refractivity (Wildman–Crippen MR) is 100 cm³/mol. The predicted octanol–water partition coefficient (Wildman–Crippen LogP) is 1.15. The fraction of sp³-hybridized carbons (Fsp3) is 0.524. The molecule has 3 aliphatic rings. The summed E-state index contributed by atoms with van der Waals surface area (Å²) in [6, 6.07) is 5.82. The van der Waals surface area contributed by atoms with E-state index in [-0.39, 0.29) is 24.3 Å². The van der Waals surface area contributed by atoms with Crippen LogP contribution >= 0.6 is 0 Å². The average molecular weight is 383 g/mol. The van der Waals surface area contributed by atoms with Gasteiger partial charge in [-0.2, -0.15) is 0 Å². The summed E-state index contributed by atoms with van der Waals surface area (Å²) in [5.74, 6) is -3.45. The van der Waals surface area contributed by atoms with E-state index >= 15 is 0 Å². The van der Waals surface area contributed by atoms with Gasteiger partial charge in [-0.3, -0.25) is 24.1 Å². The fourth-order valence-corrected chi connectivity index (χ4v) is 4.86. The number of imide groups is 1. The molecule has 1 aliphatic carbocycles. The number of primary amides is 1. The van der Waals surface area contributed by atoms with E-state index in [1.165, 1.54) is 9.80 Å². The summed E-state index contributed by atoms with van der Waals surface area (Å²) in [5, 5.41) is 0. The molecule has 2 N–H and O–H groups in total. The van der Waals surface area contributed by atoms with Crippen LogP contribution in [0.2, 0.25) is 0 Å². The molecule has 3 fully saturated rings. The van der Waals surface area contributed by atoms with Gasteiger partial charge in [-0.25, -0.2) is 0 Å². The number of amides is 4. The zero-order valence-corrected chi connectivity index (χ0v) is 16.1. The molecule has 0 bridgehead atoms. The van der Waals surface area contributed by atoms with Gasteiger partial charge in [-0.15, -0.1) is 0 Å². The number of likely N-dealkylation sites (tertiary alicyclic amines) is 2. The third-order valence-corrected chi connectivity index (χ3v) is 6.50. The van der Waals surface area contributed by atoms with Crippen LogP contribution in [0.5, 0.6) is 0 Å². The molecule has 1 saturated carbocycles. The van der Waals surface area contributed by atoms with Crippen LogP contribution in [-0.2, 0) is 19.2 Å². The molecule has 4 atom stereocenters. The topological polar surface area (TPSA) is 101 Å². The van der Waals surface area contributed by atoms with Crippen molar-refractivity contribution in [2.45, 2.75) is 45.2 Å². The maximum absolute atomic E-state index is 13.3. The second kappa shape index (κ2) is 6.72. The number of fused-ring (bicyclic) bond motifs is 1. The van der Waals surface area contributed by atoms with Crippen molar-refractivity contribution in [3.63, 3.8) is 0 Å². The van der Waals surface area contributed by atoms with Gasteiger partial charge < -0.3 is 10.6 Å². The van der Waals surface area contributed by atoms with Gasteiger partial charge in [-0.05, 0) is 32.3 Å². The van der Waals surface area contributed by atoms with Crippen molar-refractivity contribution in [2.24, 2.45) is 23.5 Å². The van der Waals surface area contributed by atoms with Crippen LogP contribution in [0.1, 0.15) is 43.4 Å². The summed E-state index contributed by atoms with van der Waals surface area (Å²) < 4.78 is 0. The van der Waals surface area contributed by atoms with Crippen LogP contribution in [0.4, 0.5) is 0 Å². The number of benzene rings is 1. The molecule has 2 saturated heterocycles. The Bertz CT molecular complexity index is 846. The van der Waals surface area contributed by atoms with Gasteiger partial charge >= 0.3 is 0 Å². The molecular formula is C21H25N3O4. The Kier molecular flexibility index (Phi) is 4.48. The summed E-state index contributed by atoms with van der Waals surface area (Å²) in [5.41, 5.74) is 7.49. The van der Waals surface area contributed by atoms with E-state index in [2.05, 4.69) is 0 Å². The standard InChI is InChI=1S/C21H25N3O4/c1-3-23-20(27)14-15(21(23)28)17(18(22)25)24(19(26)13-5-4-6-13)16(14)12-9-7-11(2)8-10-12/h7-10,13-17H,3-6H2,1-2H3,(H2,22,25). The first-order valence-corrected chi connectivity index (χ1v) is 9.90. The molecule has 1 aromatic carbocycles. The van der Waals surface area contributed by atoms with Crippen LogP contribution in [0, 0.1) is 24.7 Å². The number of aryl methyl sites for hydroxylation is 1. The van der Waals surface area contributed by atoms with E-state index < -0.39 is 35.7 Å². The van der Waals surface area contributed by atoms with E-state index in [9.17, 15) is 19.2 Å². The molecule has 7 nitrogen and oxygen atoms in total. The highest BCUT2D eigenvalue weighted by Crippen LogP contribution is 2.51. The Labute approximate surface area is 163 Å². The number of nitrogens with zero attached hydrogens (tertiary/aromatic N) is 2. The highest BCUT2D eigenvalue weighted by atomic mass is 16.2. The first kappa shape index (κ1) is 18.7. The van der Waals surface area contributed by atoms with E-state index in [0.29, 0.717) is 0 Å². The summed E-state index contributed by atoms with van der Waals surface area (Å²) in [4.78, 5) is 54.4. The number of nitrogens with two attached hydrogens (primary N) is 1. The SMILES string of the molecule is CCN1C(=O)C2C(C1=O)C(c1ccc(C)cc1)N(C(=O)C1CCC1)C2C(N)=O. The van der Waals surface area contributed by atoms with Crippen LogP contribution in [0.25, 0.3) is 0 Å². The van der Waals surface area contributed by atoms with Crippen molar-refractivity contribution in [1.82, 2.24) is 9.80 Å². The number of carbonyl (C=O) groups is 4. The molecular weight excluding hydrogens is 358 g/mol. The molecule has 4 amide bonds. The Hall–Kier alpha value is -2.70. The number of carbonyl (C=O) groups excluding carboxylic acids is 4. The summed E-state index contributed by atoms with van der Waals surface area (Å²) in [6.45, 7) is 3.93. The quantitative estimate of drug-likeness (QED) is 0.788. The second-order valence-corrected chi connectivity index (χ2v) is 8.05. The Morgan fingerprint density at radius 1 is 1.07 bits per heavy atom. The lowest BCUT2D eigenvalue weighted by atomic mass is 9.83. The van der Waals surface area contributed by atoms with Crippen LogP contribution < -0.4 is 5.73 Å². The molecule has 2 heterocycles. The molecule has 148 valence electrons. The largest absolute Gasteiger partial charge is 0.368 e. The van der Waals surface area contributed by atoms with Crippen LogP contribution in [0.3, 0.4) is 0 Å². The van der Waals surface area contributed by atoms with E-state index in [4.69, 9.17) is 5.73 Å². The van der Waals surface area contributed by atoms with Crippen molar-refractivity contribution in [2.75, 3.05) is 6.54 Å². The highest BCUT2D eigenvalue weighted by molar-refractivity contribution is 6.10. The minimum atomic E-state index is -1.09. The van der Waals surface area contributed by atoms with Gasteiger partial charge in [0.2, 0.25) is 23.6 Å². The number of hydrogen-bond acceptors (Lipinski definition) is 4. The van der Waals surface area contributed by atoms with E-state index in [0.717, 1.165) is 30.4 Å². The molecule has 0 radical (unpaired) electrons. The number of hydrogen-bond donors (Lipinski definition) is 1. The maximum Gasteiger partial charge on any atom is 0.241 e. The van der Waals surface area contributed by atoms with Gasteiger partial charge in [0.25, 0.3) is 0 Å². The van der Waals surface area contributed by atoms with Crippen molar-refractivity contribution < 1.29 is 19.2 Å².